The average Bonchev–Trinajstić information content (AvgIpc) is 2.51. The first-order valence-corrected chi connectivity index (χ1v) is 8.17. The summed E-state index contributed by atoms with van der Waals surface area (Å²) in [5.41, 5.74) is 2.99. The Morgan fingerprint density at radius 1 is 1.23 bits per heavy atom. The van der Waals surface area contributed by atoms with E-state index in [1.807, 2.05) is 30.4 Å². The molecule has 0 atom stereocenters. The van der Waals surface area contributed by atoms with Crippen LogP contribution in [0, 0.1) is 19.8 Å². The second-order valence-electron chi connectivity index (χ2n) is 6.60. The van der Waals surface area contributed by atoms with E-state index in [2.05, 4.69) is 4.98 Å². The summed E-state index contributed by atoms with van der Waals surface area (Å²) in [6, 6.07) is 7.58. The third kappa shape index (κ3) is 3.63. The van der Waals surface area contributed by atoms with Gasteiger partial charge in [0, 0.05) is 30.9 Å². The van der Waals surface area contributed by atoms with E-state index in [9.17, 15) is 22.8 Å². The average molecular weight is 365 g/mol. The molecule has 1 aliphatic heterocycles. The summed E-state index contributed by atoms with van der Waals surface area (Å²) >= 11 is 0. The van der Waals surface area contributed by atoms with Gasteiger partial charge in [-0.15, -0.1) is 0 Å². The highest BCUT2D eigenvalue weighted by atomic mass is 19.4. The number of aromatic nitrogens is 1. The van der Waals surface area contributed by atoms with Crippen molar-refractivity contribution in [1.29, 1.82) is 0 Å². The minimum absolute atomic E-state index is 0.101. The smallest absolute Gasteiger partial charge is 0.348 e. The summed E-state index contributed by atoms with van der Waals surface area (Å²) in [4.78, 5) is 29.5. The van der Waals surface area contributed by atoms with Crippen molar-refractivity contribution in [2.45, 2.75) is 20.0 Å². The van der Waals surface area contributed by atoms with E-state index in [4.69, 9.17) is 0 Å². The van der Waals surface area contributed by atoms with E-state index < -0.39 is 12.1 Å². The highest BCUT2D eigenvalue weighted by Gasteiger charge is 2.40. The molecule has 0 unspecified atom stereocenters. The SMILES string of the molecule is Cc1ccc2cc(C(=O)N3CC(CNC(=O)C(F)(F)F)C3)c(C)nc2c1. The van der Waals surface area contributed by atoms with Crippen LogP contribution in [-0.4, -0.2) is 47.5 Å². The molecule has 0 saturated carbocycles. The van der Waals surface area contributed by atoms with Gasteiger partial charge in [-0.25, -0.2) is 0 Å². The molecule has 2 aromatic rings. The predicted octanol–water partition coefficient (Wildman–Crippen LogP) is 2.60. The van der Waals surface area contributed by atoms with Crippen LogP contribution in [-0.2, 0) is 4.79 Å². The highest BCUT2D eigenvalue weighted by molar-refractivity contribution is 5.99. The minimum Gasteiger partial charge on any atom is -0.348 e. The summed E-state index contributed by atoms with van der Waals surface area (Å²) in [5.74, 6) is -2.33. The number of hydrogen-bond donors (Lipinski definition) is 1. The van der Waals surface area contributed by atoms with E-state index in [1.165, 1.54) is 0 Å². The Hall–Kier alpha value is -2.64. The van der Waals surface area contributed by atoms with Gasteiger partial charge in [-0.1, -0.05) is 12.1 Å². The largest absolute Gasteiger partial charge is 0.471 e. The second-order valence-corrected chi connectivity index (χ2v) is 6.60. The van der Waals surface area contributed by atoms with Crippen LogP contribution >= 0.6 is 0 Å². The van der Waals surface area contributed by atoms with Crippen molar-refractivity contribution in [3.8, 4) is 0 Å². The first kappa shape index (κ1) is 18.2. The fraction of sp³-hybridized carbons (Fsp3) is 0.389. The van der Waals surface area contributed by atoms with Gasteiger partial charge in [-0.2, -0.15) is 13.2 Å². The summed E-state index contributed by atoms with van der Waals surface area (Å²) in [6.45, 7) is 4.24. The number of nitrogens with one attached hydrogen (secondary N) is 1. The van der Waals surface area contributed by atoms with Crippen LogP contribution in [0.1, 0.15) is 21.6 Å². The molecule has 138 valence electrons. The van der Waals surface area contributed by atoms with Gasteiger partial charge in [0.05, 0.1) is 16.8 Å². The fourth-order valence-corrected chi connectivity index (χ4v) is 2.96. The van der Waals surface area contributed by atoms with Crippen molar-refractivity contribution in [2.75, 3.05) is 19.6 Å². The lowest BCUT2D eigenvalue weighted by Gasteiger charge is -2.39. The number of aryl methyl sites for hydroxylation is 2. The number of benzene rings is 1. The van der Waals surface area contributed by atoms with Crippen LogP contribution in [0.25, 0.3) is 10.9 Å². The zero-order valence-electron chi connectivity index (χ0n) is 14.4. The van der Waals surface area contributed by atoms with Gasteiger partial charge in [0.25, 0.3) is 5.91 Å². The standard InChI is InChI=1S/C18H18F3N3O2/c1-10-3-4-13-6-14(11(2)23-15(13)5-10)16(25)24-8-12(9-24)7-22-17(26)18(19,20)21/h3-6,12H,7-9H2,1-2H3,(H,22,26). The molecule has 1 fully saturated rings. The Kier molecular flexibility index (Phi) is 4.60. The number of hydrogen-bond acceptors (Lipinski definition) is 3. The maximum Gasteiger partial charge on any atom is 0.471 e. The van der Waals surface area contributed by atoms with Gasteiger partial charge in [0.15, 0.2) is 0 Å². The van der Waals surface area contributed by atoms with E-state index in [0.29, 0.717) is 24.3 Å². The van der Waals surface area contributed by atoms with Crippen LogP contribution in [0.3, 0.4) is 0 Å². The van der Waals surface area contributed by atoms with Crippen LogP contribution < -0.4 is 5.32 Å². The molecule has 26 heavy (non-hydrogen) atoms. The molecule has 3 rings (SSSR count). The summed E-state index contributed by atoms with van der Waals surface area (Å²) in [6.07, 6.45) is -4.88. The number of pyridine rings is 1. The number of likely N-dealkylation sites (tertiary alicyclic amines) is 1. The molecule has 1 aromatic heterocycles. The maximum absolute atomic E-state index is 12.6. The molecule has 2 heterocycles. The lowest BCUT2D eigenvalue weighted by molar-refractivity contribution is -0.173. The summed E-state index contributed by atoms with van der Waals surface area (Å²) in [7, 11) is 0. The predicted molar refractivity (Wildman–Crippen MR) is 89.7 cm³/mol. The zero-order valence-corrected chi connectivity index (χ0v) is 14.4. The number of alkyl halides is 3. The van der Waals surface area contributed by atoms with E-state index >= 15 is 0 Å². The molecule has 1 saturated heterocycles. The molecule has 5 nitrogen and oxygen atoms in total. The third-order valence-corrected chi connectivity index (χ3v) is 4.45. The van der Waals surface area contributed by atoms with Gasteiger partial charge in [0.2, 0.25) is 0 Å². The van der Waals surface area contributed by atoms with Gasteiger partial charge in [-0.05, 0) is 31.5 Å². The van der Waals surface area contributed by atoms with Gasteiger partial charge in [-0.3, -0.25) is 14.6 Å². The number of halogens is 3. The molecule has 0 aliphatic carbocycles. The lowest BCUT2D eigenvalue weighted by atomic mass is 9.98. The molecule has 2 amide bonds. The Bertz CT molecular complexity index is 874. The van der Waals surface area contributed by atoms with Crippen molar-refractivity contribution in [1.82, 2.24) is 15.2 Å². The molecule has 0 bridgehead atoms. The molecule has 0 spiro atoms. The van der Waals surface area contributed by atoms with E-state index in [1.54, 1.807) is 17.9 Å². The van der Waals surface area contributed by atoms with Gasteiger partial charge >= 0.3 is 12.1 Å². The quantitative estimate of drug-likeness (QED) is 0.910. The molecule has 1 N–H and O–H groups in total. The Morgan fingerprint density at radius 2 is 1.92 bits per heavy atom. The van der Waals surface area contributed by atoms with Crippen LogP contribution in [0.4, 0.5) is 13.2 Å². The number of fused-ring (bicyclic) bond motifs is 1. The van der Waals surface area contributed by atoms with Crippen molar-refractivity contribution < 1.29 is 22.8 Å². The first-order chi connectivity index (χ1) is 12.1. The number of carbonyl (C=O) groups is 2. The second kappa shape index (κ2) is 6.59. The van der Waals surface area contributed by atoms with Gasteiger partial charge in [0.1, 0.15) is 0 Å². The number of amides is 2. The van der Waals surface area contributed by atoms with Crippen molar-refractivity contribution >= 4 is 22.7 Å². The van der Waals surface area contributed by atoms with Crippen molar-refractivity contribution in [3.63, 3.8) is 0 Å². The summed E-state index contributed by atoms with van der Waals surface area (Å²) in [5, 5.41) is 2.71. The number of rotatable bonds is 3. The molecule has 1 aromatic carbocycles. The minimum atomic E-state index is -4.88. The number of carbonyl (C=O) groups excluding carboxylic acids is 2. The third-order valence-electron chi connectivity index (χ3n) is 4.45. The lowest BCUT2D eigenvalue weighted by Crippen LogP contribution is -2.54. The Labute approximate surface area is 148 Å². The first-order valence-electron chi connectivity index (χ1n) is 8.17. The molecule has 0 radical (unpaired) electrons. The molecular formula is C18H18F3N3O2. The van der Waals surface area contributed by atoms with E-state index in [-0.39, 0.29) is 18.4 Å². The van der Waals surface area contributed by atoms with Crippen LogP contribution in [0.2, 0.25) is 0 Å². The zero-order chi connectivity index (χ0) is 19.1. The van der Waals surface area contributed by atoms with Crippen LogP contribution in [0.15, 0.2) is 24.3 Å². The molecule has 8 heteroatoms. The molecular weight excluding hydrogens is 347 g/mol. The number of nitrogens with zero attached hydrogens (tertiary/aromatic N) is 2. The monoisotopic (exact) mass is 365 g/mol. The molecule has 1 aliphatic rings. The van der Waals surface area contributed by atoms with Crippen molar-refractivity contribution in [3.05, 3.63) is 41.1 Å². The maximum atomic E-state index is 12.6. The van der Waals surface area contributed by atoms with Gasteiger partial charge < -0.3 is 10.2 Å². The Balaban J connectivity index is 1.63. The summed E-state index contributed by atoms with van der Waals surface area (Å²) < 4.78 is 36.5. The van der Waals surface area contributed by atoms with E-state index in [0.717, 1.165) is 16.5 Å². The topological polar surface area (TPSA) is 62.3 Å². The highest BCUT2D eigenvalue weighted by Crippen LogP contribution is 2.23. The van der Waals surface area contributed by atoms with Crippen molar-refractivity contribution in [2.24, 2.45) is 5.92 Å². The normalized spacial score (nSPS) is 15.0. The fourth-order valence-electron chi connectivity index (χ4n) is 2.96. The Morgan fingerprint density at radius 3 is 2.58 bits per heavy atom. The van der Waals surface area contributed by atoms with Crippen LogP contribution in [0.5, 0.6) is 0 Å².